The SMILES string of the molecule is NCCCc1nnc(-c2cncc(F)c2)s1. The molecule has 0 atom stereocenters. The molecule has 4 nitrogen and oxygen atoms in total. The van der Waals surface area contributed by atoms with Gasteiger partial charge in [0, 0.05) is 18.2 Å². The second-order valence-corrected chi connectivity index (χ2v) is 4.35. The number of rotatable bonds is 4. The lowest BCUT2D eigenvalue weighted by molar-refractivity contribution is 0.622. The van der Waals surface area contributed by atoms with Crippen molar-refractivity contribution in [1.29, 1.82) is 0 Å². The van der Waals surface area contributed by atoms with Crippen molar-refractivity contribution in [2.24, 2.45) is 5.73 Å². The summed E-state index contributed by atoms with van der Waals surface area (Å²) >= 11 is 1.45. The van der Waals surface area contributed by atoms with Crippen LogP contribution in [-0.4, -0.2) is 21.7 Å². The van der Waals surface area contributed by atoms with Gasteiger partial charge in [0.2, 0.25) is 0 Å². The van der Waals surface area contributed by atoms with Crippen molar-refractivity contribution in [2.45, 2.75) is 12.8 Å². The van der Waals surface area contributed by atoms with Gasteiger partial charge in [-0.25, -0.2) is 4.39 Å². The van der Waals surface area contributed by atoms with Crippen LogP contribution in [0.15, 0.2) is 18.5 Å². The fraction of sp³-hybridized carbons (Fsp3) is 0.300. The number of hydrogen-bond acceptors (Lipinski definition) is 5. The van der Waals surface area contributed by atoms with Crippen LogP contribution in [0.1, 0.15) is 11.4 Å². The Balaban J connectivity index is 2.18. The van der Waals surface area contributed by atoms with Crippen LogP contribution in [-0.2, 0) is 6.42 Å². The van der Waals surface area contributed by atoms with Crippen molar-refractivity contribution in [3.05, 3.63) is 29.3 Å². The Kier molecular flexibility index (Phi) is 3.53. The maximum absolute atomic E-state index is 12.9. The van der Waals surface area contributed by atoms with Gasteiger partial charge in [-0.1, -0.05) is 11.3 Å². The molecule has 0 bridgehead atoms. The molecule has 0 aliphatic carbocycles. The quantitative estimate of drug-likeness (QED) is 0.879. The number of aromatic nitrogens is 3. The fourth-order valence-corrected chi connectivity index (χ4v) is 2.12. The smallest absolute Gasteiger partial charge is 0.149 e. The number of nitrogens with zero attached hydrogens (tertiary/aromatic N) is 3. The maximum Gasteiger partial charge on any atom is 0.149 e. The molecule has 0 radical (unpaired) electrons. The van der Waals surface area contributed by atoms with E-state index in [-0.39, 0.29) is 5.82 Å². The van der Waals surface area contributed by atoms with E-state index in [1.54, 1.807) is 6.20 Å². The zero-order chi connectivity index (χ0) is 11.4. The van der Waals surface area contributed by atoms with E-state index < -0.39 is 0 Å². The van der Waals surface area contributed by atoms with Crippen LogP contribution in [0.4, 0.5) is 4.39 Å². The lowest BCUT2D eigenvalue weighted by Gasteiger charge is -1.93. The van der Waals surface area contributed by atoms with Gasteiger partial charge in [-0.3, -0.25) is 4.98 Å². The molecule has 0 amide bonds. The Bertz CT molecular complexity index is 471. The van der Waals surface area contributed by atoms with Crippen molar-refractivity contribution in [1.82, 2.24) is 15.2 Å². The van der Waals surface area contributed by atoms with Gasteiger partial charge in [-0.05, 0) is 19.0 Å². The van der Waals surface area contributed by atoms with Crippen LogP contribution in [0.2, 0.25) is 0 Å². The molecular formula is C10H11FN4S. The third-order valence-corrected chi connectivity index (χ3v) is 3.05. The van der Waals surface area contributed by atoms with Crippen LogP contribution >= 0.6 is 11.3 Å². The zero-order valence-corrected chi connectivity index (χ0v) is 9.38. The van der Waals surface area contributed by atoms with Gasteiger partial charge in [-0.2, -0.15) is 0 Å². The van der Waals surface area contributed by atoms with Crippen molar-refractivity contribution >= 4 is 11.3 Å². The van der Waals surface area contributed by atoms with E-state index in [1.807, 2.05) is 0 Å². The van der Waals surface area contributed by atoms with Gasteiger partial charge in [-0.15, -0.1) is 10.2 Å². The molecule has 2 rings (SSSR count). The first kappa shape index (κ1) is 11.1. The molecule has 2 aromatic heterocycles. The van der Waals surface area contributed by atoms with Gasteiger partial charge >= 0.3 is 0 Å². The highest BCUT2D eigenvalue weighted by molar-refractivity contribution is 7.14. The molecule has 84 valence electrons. The molecule has 0 saturated heterocycles. The molecule has 0 aromatic carbocycles. The molecule has 0 fully saturated rings. The minimum atomic E-state index is -0.365. The molecule has 2 aromatic rings. The maximum atomic E-state index is 12.9. The van der Waals surface area contributed by atoms with Crippen LogP contribution in [0.5, 0.6) is 0 Å². The number of pyridine rings is 1. The summed E-state index contributed by atoms with van der Waals surface area (Å²) in [6.07, 6.45) is 4.45. The van der Waals surface area contributed by atoms with Gasteiger partial charge in [0.15, 0.2) is 0 Å². The number of aryl methyl sites for hydroxylation is 1. The predicted molar refractivity (Wildman–Crippen MR) is 60.5 cm³/mol. The Morgan fingerprint density at radius 3 is 2.94 bits per heavy atom. The van der Waals surface area contributed by atoms with E-state index in [9.17, 15) is 4.39 Å². The largest absolute Gasteiger partial charge is 0.330 e. The standard InChI is InChI=1S/C10H11FN4S/c11-8-4-7(5-13-6-8)10-15-14-9(16-10)2-1-3-12/h4-6H,1-3,12H2. The second-order valence-electron chi connectivity index (χ2n) is 3.29. The normalized spacial score (nSPS) is 10.6. The summed E-state index contributed by atoms with van der Waals surface area (Å²) in [7, 11) is 0. The molecule has 2 heterocycles. The highest BCUT2D eigenvalue weighted by Crippen LogP contribution is 2.23. The zero-order valence-electron chi connectivity index (χ0n) is 8.56. The summed E-state index contributed by atoms with van der Waals surface area (Å²) in [6.45, 7) is 0.635. The average molecular weight is 238 g/mol. The highest BCUT2D eigenvalue weighted by atomic mass is 32.1. The van der Waals surface area contributed by atoms with Crippen LogP contribution in [0, 0.1) is 5.82 Å². The summed E-state index contributed by atoms with van der Waals surface area (Å²) in [4.78, 5) is 3.78. The molecule has 0 aliphatic rings. The summed E-state index contributed by atoms with van der Waals surface area (Å²) in [6, 6.07) is 1.40. The highest BCUT2D eigenvalue weighted by Gasteiger charge is 2.07. The minimum absolute atomic E-state index is 0.365. The van der Waals surface area contributed by atoms with Gasteiger partial charge in [0.25, 0.3) is 0 Å². The third kappa shape index (κ3) is 2.59. The lowest BCUT2D eigenvalue weighted by atomic mass is 10.3. The molecule has 0 unspecified atom stereocenters. The van der Waals surface area contributed by atoms with E-state index in [1.165, 1.54) is 23.6 Å². The summed E-state index contributed by atoms with van der Waals surface area (Å²) in [5.41, 5.74) is 6.07. The lowest BCUT2D eigenvalue weighted by Crippen LogP contribution is -1.99. The average Bonchev–Trinajstić information content (AvgIpc) is 2.75. The molecule has 6 heteroatoms. The topological polar surface area (TPSA) is 64.7 Å². The van der Waals surface area contributed by atoms with Gasteiger partial charge < -0.3 is 5.73 Å². The van der Waals surface area contributed by atoms with Crippen LogP contribution in [0.25, 0.3) is 10.6 Å². The fourth-order valence-electron chi connectivity index (χ4n) is 1.25. The van der Waals surface area contributed by atoms with E-state index in [0.717, 1.165) is 17.8 Å². The molecule has 2 N–H and O–H groups in total. The van der Waals surface area contributed by atoms with Crippen molar-refractivity contribution in [2.75, 3.05) is 6.54 Å². The first-order valence-electron chi connectivity index (χ1n) is 4.93. The van der Waals surface area contributed by atoms with E-state index >= 15 is 0 Å². The van der Waals surface area contributed by atoms with Crippen molar-refractivity contribution < 1.29 is 4.39 Å². The number of hydrogen-bond donors (Lipinski definition) is 1. The van der Waals surface area contributed by atoms with Crippen LogP contribution < -0.4 is 5.73 Å². The van der Waals surface area contributed by atoms with Crippen molar-refractivity contribution in [3.63, 3.8) is 0 Å². The first-order valence-corrected chi connectivity index (χ1v) is 5.74. The second kappa shape index (κ2) is 5.09. The van der Waals surface area contributed by atoms with E-state index in [0.29, 0.717) is 17.1 Å². The Labute approximate surface area is 96.4 Å². The first-order chi connectivity index (χ1) is 7.79. The molecule has 0 aliphatic heterocycles. The molecule has 16 heavy (non-hydrogen) atoms. The summed E-state index contributed by atoms with van der Waals surface area (Å²) in [5.74, 6) is -0.365. The Hall–Kier alpha value is -1.40. The van der Waals surface area contributed by atoms with E-state index in [2.05, 4.69) is 15.2 Å². The Morgan fingerprint density at radius 2 is 2.19 bits per heavy atom. The Morgan fingerprint density at radius 1 is 1.31 bits per heavy atom. The predicted octanol–water partition coefficient (Wildman–Crippen LogP) is 1.63. The third-order valence-electron chi connectivity index (χ3n) is 2.01. The summed E-state index contributed by atoms with van der Waals surface area (Å²) < 4.78 is 12.9. The van der Waals surface area contributed by atoms with Gasteiger partial charge in [0.1, 0.15) is 15.8 Å². The monoisotopic (exact) mass is 238 g/mol. The minimum Gasteiger partial charge on any atom is -0.330 e. The molecule has 0 saturated carbocycles. The van der Waals surface area contributed by atoms with Crippen LogP contribution in [0.3, 0.4) is 0 Å². The number of halogens is 1. The van der Waals surface area contributed by atoms with Gasteiger partial charge in [0.05, 0.1) is 6.20 Å². The summed E-state index contributed by atoms with van der Waals surface area (Å²) in [5, 5.41) is 9.64. The molecular weight excluding hydrogens is 227 g/mol. The number of nitrogens with two attached hydrogens (primary N) is 1. The van der Waals surface area contributed by atoms with E-state index in [4.69, 9.17) is 5.73 Å². The molecule has 0 spiro atoms. The van der Waals surface area contributed by atoms with Crippen molar-refractivity contribution in [3.8, 4) is 10.6 Å².